The van der Waals surface area contributed by atoms with Crippen molar-refractivity contribution in [2.24, 2.45) is 5.73 Å². The normalized spacial score (nSPS) is 10.1. The molecular weight excluding hydrogens is 208 g/mol. The van der Waals surface area contributed by atoms with E-state index in [-0.39, 0.29) is 17.2 Å². The summed E-state index contributed by atoms with van der Waals surface area (Å²) in [5, 5.41) is 5.93. The van der Waals surface area contributed by atoms with Crippen LogP contribution >= 0.6 is 0 Å². The van der Waals surface area contributed by atoms with Crippen molar-refractivity contribution in [1.82, 2.24) is 15.1 Å². The molecule has 88 valence electrons. The molecule has 0 fully saturated rings. The van der Waals surface area contributed by atoms with Crippen LogP contribution in [0.3, 0.4) is 0 Å². The summed E-state index contributed by atoms with van der Waals surface area (Å²) in [5.74, 6) is -0.205. The van der Waals surface area contributed by atoms with Gasteiger partial charge in [0.25, 0.3) is 11.5 Å². The van der Waals surface area contributed by atoms with Crippen LogP contribution in [-0.2, 0) is 0 Å². The zero-order chi connectivity index (χ0) is 12.0. The van der Waals surface area contributed by atoms with Gasteiger partial charge in [-0.2, -0.15) is 5.10 Å². The maximum atomic E-state index is 11.9. The molecule has 0 bridgehead atoms. The third kappa shape index (κ3) is 3.16. The first-order valence-electron chi connectivity index (χ1n) is 5.24. The maximum absolute atomic E-state index is 11.9. The van der Waals surface area contributed by atoms with Crippen molar-refractivity contribution in [3.05, 3.63) is 28.2 Å². The fourth-order valence-corrected chi connectivity index (χ4v) is 1.37. The Morgan fingerprint density at radius 2 is 2.25 bits per heavy atom. The van der Waals surface area contributed by atoms with Gasteiger partial charge in [-0.05, 0) is 12.5 Å². The molecule has 1 heterocycles. The third-order valence-electron chi connectivity index (χ3n) is 2.08. The largest absolute Gasteiger partial charge is 0.336 e. The Morgan fingerprint density at radius 3 is 2.75 bits per heavy atom. The number of hydrogen-bond acceptors (Lipinski definition) is 4. The molecule has 3 N–H and O–H groups in total. The van der Waals surface area contributed by atoms with Crippen LogP contribution in [0, 0.1) is 0 Å². The standard InChI is InChI=1S/C10H16N4O2/c1-2-6-14(7-5-11)10(16)8-3-4-9(15)13-12-8/h3-4H,2,5-7,11H2,1H3,(H,13,15). The molecule has 0 radical (unpaired) electrons. The van der Waals surface area contributed by atoms with Crippen LogP contribution in [0.5, 0.6) is 0 Å². The summed E-state index contributed by atoms with van der Waals surface area (Å²) in [6.45, 7) is 3.52. The Kier molecular flexibility index (Phi) is 4.65. The monoisotopic (exact) mass is 224 g/mol. The van der Waals surface area contributed by atoms with Gasteiger partial charge in [0.1, 0.15) is 5.69 Å². The zero-order valence-electron chi connectivity index (χ0n) is 9.27. The summed E-state index contributed by atoms with van der Waals surface area (Å²) < 4.78 is 0. The lowest BCUT2D eigenvalue weighted by molar-refractivity contribution is 0.0753. The topological polar surface area (TPSA) is 92.1 Å². The molecule has 6 heteroatoms. The van der Waals surface area contributed by atoms with E-state index in [0.717, 1.165) is 6.42 Å². The summed E-state index contributed by atoms with van der Waals surface area (Å²) in [7, 11) is 0. The quantitative estimate of drug-likeness (QED) is 0.710. The molecule has 1 rings (SSSR count). The van der Waals surface area contributed by atoms with Gasteiger partial charge < -0.3 is 10.6 Å². The molecule has 16 heavy (non-hydrogen) atoms. The van der Waals surface area contributed by atoms with E-state index in [1.165, 1.54) is 12.1 Å². The van der Waals surface area contributed by atoms with Gasteiger partial charge in [-0.15, -0.1) is 0 Å². The molecule has 0 saturated carbocycles. The number of nitrogens with one attached hydrogen (secondary N) is 1. The van der Waals surface area contributed by atoms with Crippen molar-refractivity contribution in [2.75, 3.05) is 19.6 Å². The average Bonchev–Trinajstić information content (AvgIpc) is 2.29. The van der Waals surface area contributed by atoms with Gasteiger partial charge >= 0.3 is 0 Å². The highest BCUT2D eigenvalue weighted by Gasteiger charge is 2.15. The highest BCUT2D eigenvalue weighted by molar-refractivity contribution is 5.92. The zero-order valence-corrected chi connectivity index (χ0v) is 9.27. The second kappa shape index (κ2) is 6.02. The second-order valence-corrected chi connectivity index (χ2v) is 3.39. The number of amides is 1. The minimum absolute atomic E-state index is 0.205. The van der Waals surface area contributed by atoms with E-state index < -0.39 is 0 Å². The van der Waals surface area contributed by atoms with Gasteiger partial charge in [0, 0.05) is 25.7 Å². The molecular formula is C10H16N4O2. The summed E-state index contributed by atoms with van der Waals surface area (Å²) in [5.41, 5.74) is 5.34. The van der Waals surface area contributed by atoms with Crippen molar-refractivity contribution >= 4 is 5.91 Å². The summed E-state index contributed by atoms with van der Waals surface area (Å²) in [4.78, 5) is 24.4. The fraction of sp³-hybridized carbons (Fsp3) is 0.500. The summed E-state index contributed by atoms with van der Waals surface area (Å²) in [6.07, 6.45) is 0.856. The molecule has 6 nitrogen and oxygen atoms in total. The van der Waals surface area contributed by atoms with E-state index in [1.54, 1.807) is 4.90 Å². The number of hydrogen-bond donors (Lipinski definition) is 2. The lowest BCUT2D eigenvalue weighted by Gasteiger charge is -2.20. The molecule has 1 aromatic rings. The first-order chi connectivity index (χ1) is 7.69. The molecule has 0 aliphatic rings. The SMILES string of the molecule is CCCN(CCN)C(=O)c1ccc(=O)[nH]n1. The van der Waals surface area contributed by atoms with Crippen LogP contribution in [0.25, 0.3) is 0 Å². The van der Waals surface area contributed by atoms with E-state index in [4.69, 9.17) is 5.73 Å². The van der Waals surface area contributed by atoms with Crippen molar-refractivity contribution < 1.29 is 4.79 Å². The first kappa shape index (κ1) is 12.4. The average molecular weight is 224 g/mol. The number of carbonyl (C=O) groups is 1. The van der Waals surface area contributed by atoms with Gasteiger partial charge in [-0.1, -0.05) is 6.92 Å². The minimum atomic E-state index is -0.322. The van der Waals surface area contributed by atoms with E-state index >= 15 is 0 Å². The minimum Gasteiger partial charge on any atom is -0.336 e. The number of aromatic nitrogens is 2. The van der Waals surface area contributed by atoms with Crippen LogP contribution < -0.4 is 11.3 Å². The Balaban J connectivity index is 2.81. The molecule has 1 aromatic heterocycles. The smallest absolute Gasteiger partial charge is 0.274 e. The van der Waals surface area contributed by atoms with Crippen molar-refractivity contribution in [3.63, 3.8) is 0 Å². The number of carbonyl (C=O) groups excluding carboxylic acids is 1. The van der Waals surface area contributed by atoms with E-state index in [0.29, 0.717) is 19.6 Å². The highest BCUT2D eigenvalue weighted by atomic mass is 16.2. The predicted molar refractivity (Wildman–Crippen MR) is 60.1 cm³/mol. The number of rotatable bonds is 5. The Morgan fingerprint density at radius 1 is 1.50 bits per heavy atom. The molecule has 0 unspecified atom stereocenters. The Labute approximate surface area is 93.5 Å². The van der Waals surface area contributed by atoms with Crippen LogP contribution in [0.2, 0.25) is 0 Å². The molecule has 0 atom stereocenters. The second-order valence-electron chi connectivity index (χ2n) is 3.39. The van der Waals surface area contributed by atoms with Gasteiger partial charge in [-0.3, -0.25) is 9.59 Å². The van der Waals surface area contributed by atoms with Crippen LogP contribution in [0.15, 0.2) is 16.9 Å². The van der Waals surface area contributed by atoms with Crippen LogP contribution in [0.1, 0.15) is 23.8 Å². The lowest BCUT2D eigenvalue weighted by atomic mass is 10.3. The first-order valence-corrected chi connectivity index (χ1v) is 5.24. The third-order valence-corrected chi connectivity index (χ3v) is 2.08. The molecule has 0 aromatic carbocycles. The summed E-state index contributed by atoms with van der Waals surface area (Å²) >= 11 is 0. The van der Waals surface area contributed by atoms with Crippen LogP contribution in [0.4, 0.5) is 0 Å². The lowest BCUT2D eigenvalue weighted by Crippen LogP contribution is -2.36. The number of nitrogens with two attached hydrogens (primary N) is 1. The summed E-state index contributed by atoms with van der Waals surface area (Å²) in [6, 6.07) is 2.70. The number of H-pyrrole nitrogens is 1. The maximum Gasteiger partial charge on any atom is 0.274 e. The molecule has 0 spiro atoms. The van der Waals surface area contributed by atoms with Gasteiger partial charge in [-0.25, -0.2) is 5.10 Å². The molecule has 0 saturated heterocycles. The van der Waals surface area contributed by atoms with Crippen LogP contribution in [-0.4, -0.2) is 40.6 Å². The van der Waals surface area contributed by atoms with Gasteiger partial charge in [0.05, 0.1) is 0 Å². The number of aromatic amines is 1. The number of nitrogens with zero attached hydrogens (tertiary/aromatic N) is 2. The fourth-order valence-electron chi connectivity index (χ4n) is 1.37. The highest BCUT2D eigenvalue weighted by Crippen LogP contribution is 1.99. The van der Waals surface area contributed by atoms with Crippen molar-refractivity contribution in [2.45, 2.75) is 13.3 Å². The Bertz CT molecular complexity index is 376. The van der Waals surface area contributed by atoms with E-state index in [1.807, 2.05) is 6.92 Å². The Hall–Kier alpha value is -1.69. The molecule has 1 amide bonds. The van der Waals surface area contributed by atoms with Crippen molar-refractivity contribution in [3.8, 4) is 0 Å². The van der Waals surface area contributed by atoms with Gasteiger partial charge in [0.2, 0.25) is 0 Å². The van der Waals surface area contributed by atoms with E-state index in [2.05, 4.69) is 10.2 Å². The molecule has 0 aliphatic carbocycles. The molecule has 0 aliphatic heterocycles. The van der Waals surface area contributed by atoms with Gasteiger partial charge in [0.15, 0.2) is 0 Å². The van der Waals surface area contributed by atoms with E-state index in [9.17, 15) is 9.59 Å². The van der Waals surface area contributed by atoms with Crippen molar-refractivity contribution in [1.29, 1.82) is 0 Å². The predicted octanol–water partition coefficient (Wildman–Crippen LogP) is -0.419.